The summed E-state index contributed by atoms with van der Waals surface area (Å²) in [6.45, 7) is 3.11. The lowest BCUT2D eigenvalue weighted by atomic mass is 10.2. The molecule has 0 saturated heterocycles. The van der Waals surface area contributed by atoms with Crippen molar-refractivity contribution in [2.75, 3.05) is 0 Å². The highest BCUT2D eigenvalue weighted by Crippen LogP contribution is 2.29. The third kappa shape index (κ3) is 2.98. The maximum atomic E-state index is 12.5. The first kappa shape index (κ1) is 14.5. The van der Waals surface area contributed by atoms with Gasteiger partial charge in [-0.3, -0.25) is 4.79 Å². The van der Waals surface area contributed by atoms with Gasteiger partial charge in [0.2, 0.25) is 5.12 Å². The van der Waals surface area contributed by atoms with Crippen molar-refractivity contribution in [3.05, 3.63) is 35.0 Å². The molecule has 0 unspecified atom stereocenters. The van der Waals surface area contributed by atoms with Crippen molar-refractivity contribution in [2.24, 2.45) is 0 Å². The van der Waals surface area contributed by atoms with Gasteiger partial charge >= 0.3 is 6.18 Å². The molecule has 2 heterocycles. The highest BCUT2D eigenvalue weighted by Gasteiger charge is 2.33. The van der Waals surface area contributed by atoms with Crippen LogP contribution in [0.2, 0.25) is 0 Å². The van der Waals surface area contributed by atoms with Gasteiger partial charge in [0.15, 0.2) is 5.16 Å². The molecular formula is C11H8F3N3O2S. The molecule has 0 amide bonds. The second-order valence-electron chi connectivity index (χ2n) is 3.81. The van der Waals surface area contributed by atoms with E-state index in [9.17, 15) is 18.0 Å². The van der Waals surface area contributed by atoms with Gasteiger partial charge in [-0.15, -0.1) is 0 Å². The van der Waals surface area contributed by atoms with Crippen LogP contribution in [0.3, 0.4) is 0 Å². The van der Waals surface area contributed by atoms with Crippen molar-refractivity contribution in [2.45, 2.75) is 25.2 Å². The van der Waals surface area contributed by atoms with Crippen LogP contribution in [0, 0.1) is 13.8 Å². The highest BCUT2D eigenvalue weighted by atomic mass is 32.2. The lowest BCUT2D eigenvalue weighted by Gasteiger charge is -2.06. The molecule has 0 radical (unpaired) electrons. The molecule has 0 spiro atoms. The minimum Gasteiger partial charge on any atom is -0.361 e. The Morgan fingerprint density at radius 3 is 2.60 bits per heavy atom. The summed E-state index contributed by atoms with van der Waals surface area (Å²) in [5, 5.41) is 2.82. The predicted octanol–water partition coefficient (Wildman–Crippen LogP) is 3.03. The average Bonchev–Trinajstić information content (AvgIpc) is 2.68. The van der Waals surface area contributed by atoms with Crippen LogP contribution in [0.4, 0.5) is 13.2 Å². The summed E-state index contributed by atoms with van der Waals surface area (Å²) in [6.07, 6.45) is -3.62. The fraction of sp³-hybridized carbons (Fsp3) is 0.273. The van der Waals surface area contributed by atoms with Gasteiger partial charge < -0.3 is 4.52 Å². The van der Waals surface area contributed by atoms with Crippen molar-refractivity contribution < 1.29 is 22.5 Å². The van der Waals surface area contributed by atoms with E-state index < -0.39 is 17.0 Å². The van der Waals surface area contributed by atoms with Crippen molar-refractivity contribution >= 4 is 16.9 Å². The van der Waals surface area contributed by atoms with Crippen molar-refractivity contribution in [3.8, 4) is 0 Å². The Balaban J connectivity index is 2.25. The van der Waals surface area contributed by atoms with Gasteiger partial charge in [-0.2, -0.15) is 13.2 Å². The second-order valence-corrected chi connectivity index (χ2v) is 4.75. The van der Waals surface area contributed by atoms with Gasteiger partial charge in [-0.1, -0.05) is 5.16 Å². The number of carbonyl (C=O) groups is 1. The third-order valence-corrected chi connectivity index (χ3v) is 3.11. The number of rotatable bonds is 2. The molecule has 2 aromatic rings. The number of halogens is 3. The molecule has 20 heavy (non-hydrogen) atoms. The molecule has 0 N–H and O–H groups in total. The minimum absolute atomic E-state index is 0.219. The van der Waals surface area contributed by atoms with Crippen molar-refractivity contribution in [3.63, 3.8) is 0 Å². The van der Waals surface area contributed by atoms with Gasteiger partial charge in [0.05, 0.1) is 11.3 Å². The molecule has 0 aliphatic heterocycles. The molecular weight excluding hydrogens is 295 g/mol. The Hall–Kier alpha value is -1.90. The zero-order valence-corrected chi connectivity index (χ0v) is 11.2. The Labute approximate surface area is 115 Å². The largest absolute Gasteiger partial charge is 0.433 e. The number of hydrogen-bond donors (Lipinski definition) is 0. The summed E-state index contributed by atoms with van der Waals surface area (Å²) >= 11 is 0.499. The summed E-state index contributed by atoms with van der Waals surface area (Å²) < 4.78 is 42.3. The van der Waals surface area contributed by atoms with Crippen LogP contribution in [0.5, 0.6) is 0 Å². The number of nitrogens with zero attached hydrogens (tertiary/aromatic N) is 3. The summed E-state index contributed by atoms with van der Waals surface area (Å²) in [4.78, 5) is 18.9. The minimum atomic E-state index is -4.58. The van der Waals surface area contributed by atoms with Gasteiger partial charge in [0.25, 0.3) is 0 Å². The summed E-state index contributed by atoms with van der Waals surface area (Å²) in [7, 11) is 0. The number of alkyl halides is 3. The average molecular weight is 303 g/mol. The van der Waals surface area contributed by atoms with Crippen molar-refractivity contribution in [1.82, 2.24) is 15.1 Å². The monoisotopic (exact) mass is 303 g/mol. The van der Waals surface area contributed by atoms with Crippen LogP contribution < -0.4 is 0 Å². The molecule has 2 aromatic heterocycles. The molecule has 0 aromatic carbocycles. The molecule has 0 saturated carbocycles. The lowest BCUT2D eigenvalue weighted by molar-refractivity contribution is -0.141. The molecule has 2 rings (SSSR count). The van der Waals surface area contributed by atoms with E-state index in [0.717, 1.165) is 12.3 Å². The zero-order chi connectivity index (χ0) is 14.9. The van der Waals surface area contributed by atoms with Crippen LogP contribution in [0.15, 0.2) is 21.9 Å². The van der Waals surface area contributed by atoms with E-state index in [4.69, 9.17) is 4.52 Å². The molecule has 106 valence electrons. The lowest BCUT2D eigenvalue weighted by Crippen LogP contribution is -2.09. The van der Waals surface area contributed by atoms with Gasteiger partial charge in [0.1, 0.15) is 11.5 Å². The Morgan fingerprint density at radius 1 is 1.35 bits per heavy atom. The van der Waals surface area contributed by atoms with E-state index >= 15 is 0 Å². The second kappa shape index (κ2) is 5.23. The van der Waals surface area contributed by atoms with Gasteiger partial charge in [0, 0.05) is 6.20 Å². The van der Waals surface area contributed by atoms with Crippen LogP contribution >= 0.6 is 11.8 Å². The van der Waals surface area contributed by atoms with Crippen LogP contribution in [-0.4, -0.2) is 20.2 Å². The Bertz CT molecular complexity index is 635. The molecule has 0 aliphatic carbocycles. The quantitative estimate of drug-likeness (QED) is 0.627. The third-order valence-electron chi connectivity index (χ3n) is 2.35. The number of carbonyl (C=O) groups excluding carboxylic acids is 1. The first-order valence-corrected chi connectivity index (χ1v) is 6.16. The fourth-order valence-corrected chi connectivity index (χ4v) is 2.27. The number of aromatic nitrogens is 3. The molecule has 0 aliphatic rings. The maximum absolute atomic E-state index is 12.5. The normalized spacial score (nSPS) is 11.7. The van der Waals surface area contributed by atoms with E-state index in [1.165, 1.54) is 0 Å². The van der Waals surface area contributed by atoms with Crippen LogP contribution in [0.1, 0.15) is 27.5 Å². The zero-order valence-electron chi connectivity index (χ0n) is 10.4. The predicted molar refractivity (Wildman–Crippen MR) is 63.2 cm³/mol. The number of hydrogen-bond acceptors (Lipinski definition) is 6. The van der Waals surface area contributed by atoms with Gasteiger partial charge in [-0.05, 0) is 31.7 Å². The van der Waals surface area contributed by atoms with Crippen molar-refractivity contribution in [1.29, 1.82) is 0 Å². The topological polar surface area (TPSA) is 68.9 Å². The van der Waals surface area contributed by atoms with Gasteiger partial charge in [-0.25, -0.2) is 9.97 Å². The van der Waals surface area contributed by atoms with E-state index in [0.29, 0.717) is 23.2 Å². The summed E-state index contributed by atoms with van der Waals surface area (Å²) in [5.74, 6) is 0.298. The molecule has 0 fully saturated rings. The van der Waals surface area contributed by atoms with E-state index in [-0.39, 0.29) is 10.7 Å². The molecule has 0 atom stereocenters. The standard InChI is InChI=1S/C11H8F3N3O2S/c1-5-8(6(2)19-17-5)9(18)20-10-15-4-3-7(16-10)11(12,13)14/h3-4H,1-2H3. The van der Waals surface area contributed by atoms with Crippen LogP contribution in [-0.2, 0) is 6.18 Å². The first-order valence-electron chi connectivity index (χ1n) is 5.34. The Kier molecular flexibility index (Phi) is 3.80. The first-order chi connectivity index (χ1) is 9.29. The smallest absolute Gasteiger partial charge is 0.361 e. The SMILES string of the molecule is Cc1noc(C)c1C(=O)Sc1nccc(C(F)(F)F)n1. The Morgan fingerprint density at radius 2 is 2.05 bits per heavy atom. The molecule has 0 bridgehead atoms. The van der Waals surface area contributed by atoms with E-state index in [1.807, 2.05) is 0 Å². The van der Waals surface area contributed by atoms with E-state index in [2.05, 4.69) is 15.1 Å². The summed E-state index contributed by atoms with van der Waals surface area (Å²) in [5.41, 5.74) is -0.510. The van der Waals surface area contributed by atoms with E-state index in [1.54, 1.807) is 13.8 Å². The highest BCUT2D eigenvalue weighted by molar-refractivity contribution is 8.14. The fourth-order valence-electron chi connectivity index (χ4n) is 1.46. The molecule has 9 heteroatoms. The van der Waals surface area contributed by atoms with Crippen LogP contribution in [0.25, 0.3) is 0 Å². The number of aryl methyl sites for hydroxylation is 2. The maximum Gasteiger partial charge on any atom is 0.433 e. The summed E-state index contributed by atoms with van der Waals surface area (Å²) in [6, 6.07) is 0.741. The number of thioether (sulfide) groups is 1. The molecule has 5 nitrogen and oxygen atoms in total.